The van der Waals surface area contributed by atoms with Gasteiger partial charge in [0, 0.05) is 9.92 Å². The fourth-order valence-corrected chi connectivity index (χ4v) is 2.63. The van der Waals surface area contributed by atoms with Gasteiger partial charge >= 0.3 is 5.97 Å². The Morgan fingerprint density at radius 2 is 1.96 bits per heavy atom. The van der Waals surface area contributed by atoms with Crippen LogP contribution in [0.15, 0.2) is 53.4 Å². The minimum absolute atomic E-state index is 0.0223. The van der Waals surface area contributed by atoms with E-state index in [2.05, 4.69) is 5.32 Å². The molecule has 0 unspecified atom stereocenters. The first-order valence-corrected chi connectivity index (χ1v) is 8.45. The lowest BCUT2D eigenvalue weighted by molar-refractivity contribution is -0.150. The molecule has 24 heavy (non-hydrogen) atoms. The molecule has 0 radical (unpaired) electrons. The molecule has 0 bridgehead atoms. The average molecular weight is 368 g/mol. The minimum Gasteiger partial charge on any atom is -0.452 e. The monoisotopic (exact) mass is 367 g/mol. The number of nitrogens with one attached hydrogen (secondary N) is 1. The lowest BCUT2D eigenvalue weighted by Crippen LogP contribution is -2.30. The first-order chi connectivity index (χ1) is 11.5. The maximum atomic E-state index is 13.6. The van der Waals surface area contributed by atoms with Gasteiger partial charge in [0.1, 0.15) is 5.82 Å². The zero-order chi connectivity index (χ0) is 17.5. The van der Waals surface area contributed by atoms with Gasteiger partial charge in [-0.2, -0.15) is 0 Å². The van der Waals surface area contributed by atoms with Gasteiger partial charge in [0.15, 0.2) is 6.10 Å². The number of rotatable bonds is 6. The third kappa shape index (κ3) is 5.54. The molecule has 1 N–H and O–H groups in total. The van der Waals surface area contributed by atoms with Crippen molar-refractivity contribution in [2.24, 2.45) is 0 Å². The third-order valence-electron chi connectivity index (χ3n) is 2.97. The van der Waals surface area contributed by atoms with Crippen LogP contribution in [0.1, 0.15) is 6.92 Å². The van der Waals surface area contributed by atoms with Gasteiger partial charge in [0.05, 0.1) is 11.4 Å². The van der Waals surface area contributed by atoms with Crippen molar-refractivity contribution in [1.29, 1.82) is 0 Å². The fourth-order valence-electron chi connectivity index (χ4n) is 1.77. The molecule has 0 saturated heterocycles. The molecular weight excluding hydrogens is 353 g/mol. The Kier molecular flexibility index (Phi) is 6.63. The molecule has 7 heteroatoms. The van der Waals surface area contributed by atoms with E-state index in [1.54, 1.807) is 0 Å². The van der Waals surface area contributed by atoms with Crippen molar-refractivity contribution in [2.45, 2.75) is 17.9 Å². The minimum atomic E-state index is -1.04. The second kappa shape index (κ2) is 8.70. The number of hydrogen-bond donors (Lipinski definition) is 1. The molecule has 4 nitrogen and oxygen atoms in total. The number of hydrogen-bond acceptors (Lipinski definition) is 4. The maximum Gasteiger partial charge on any atom is 0.317 e. The van der Waals surface area contributed by atoms with Gasteiger partial charge in [-0.25, -0.2) is 4.39 Å². The molecule has 0 fully saturated rings. The van der Waals surface area contributed by atoms with Crippen molar-refractivity contribution in [3.8, 4) is 0 Å². The van der Waals surface area contributed by atoms with E-state index < -0.39 is 23.8 Å². The molecule has 0 aliphatic carbocycles. The SMILES string of the molecule is C[C@@H](OC(=O)CSc1ccccc1)C(=O)Nc1ccc(Cl)cc1F. The molecule has 0 aliphatic rings. The Labute approximate surface area is 148 Å². The van der Waals surface area contributed by atoms with Crippen LogP contribution in [0, 0.1) is 5.82 Å². The quantitative estimate of drug-likeness (QED) is 0.615. The number of anilines is 1. The zero-order valence-electron chi connectivity index (χ0n) is 12.8. The van der Waals surface area contributed by atoms with Crippen LogP contribution in [0.3, 0.4) is 0 Å². The van der Waals surface area contributed by atoms with Crippen molar-refractivity contribution < 1.29 is 18.7 Å². The molecule has 126 valence electrons. The number of thioether (sulfide) groups is 1. The second-order valence-corrected chi connectivity index (χ2v) is 6.33. The summed E-state index contributed by atoms with van der Waals surface area (Å²) in [6.45, 7) is 1.42. The predicted molar refractivity (Wildman–Crippen MR) is 92.8 cm³/mol. The maximum absolute atomic E-state index is 13.6. The van der Waals surface area contributed by atoms with Crippen molar-refractivity contribution >= 4 is 40.9 Å². The molecular formula is C17H15ClFNO3S. The second-order valence-electron chi connectivity index (χ2n) is 4.85. The van der Waals surface area contributed by atoms with Gasteiger partial charge in [-0.3, -0.25) is 9.59 Å². The standard InChI is InChI=1S/C17H15ClFNO3S/c1-11(17(22)20-15-8-7-12(18)9-14(15)19)23-16(21)10-24-13-5-3-2-4-6-13/h2-9,11H,10H2,1H3,(H,20,22)/t11-/m1/s1. The number of esters is 1. The normalized spacial score (nSPS) is 11.6. The van der Waals surface area contributed by atoms with Crippen LogP contribution in [0.2, 0.25) is 5.02 Å². The summed E-state index contributed by atoms with van der Waals surface area (Å²) in [6, 6.07) is 13.2. The van der Waals surface area contributed by atoms with E-state index in [4.69, 9.17) is 16.3 Å². The van der Waals surface area contributed by atoms with E-state index in [0.29, 0.717) is 0 Å². The lowest BCUT2D eigenvalue weighted by atomic mass is 10.3. The van der Waals surface area contributed by atoms with Crippen molar-refractivity contribution in [3.05, 3.63) is 59.4 Å². The van der Waals surface area contributed by atoms with Gasteiger partial charge in [-0.1, -0.05) is 29.8 Å². The van der Waals surface area contributed by atoms with Crippen LogP contribution in [0.25, 0.3) is 0 Å². The topological polar surface area (TPSA) is 55.4 Å². The largest absolute Gasteiger partial charge is 0.452 e. The third-order valence-corrected chi connectivity index (χ3v) is 4.19. The molecule has 0 aliphatic heterocycles. The number of carbonyl (C=O) groups is 2. The van der Waals surface area contributed by atoms with Crippen LogP contribution in [0.5, 0.6) is 0 Å². The molecule has 0 spiro atoms. The number of benzene rings is 2. The summed E-state index contributed by atoms with van der Waals surface area (Å²) in [5.74, 6) is -1.72. The summed E-state index contributed by atoms with van der Waals surface area (Å²) in [5.41, 5.74) is -0.0223. The van der Waals surface area contributed by atoms with Gasteiger partial charge in [0.2, 0.25) is 0 Å². The van der Waals surface area contributed by atoms with Gasteiger partial charge in [-0.05, 0) is 37.3 Å². The Morgan fingerprint density at radius 1 is 1.25 bits per heavy atom. The summed E-state index contributed by atoms with van der Waals surface area (Å²) < 4.78 is 18.7. The highest BCUT2D eigenvalue weighted by Crippen LogP contribution is 2.20. The van der Waals surface area contributed by atoms with Crippen molar-refractivity contribution in [1.82, 2.24) is 0 Å². The van der Waals surface area contributed by atoms with Crippen molar-refractivity contribution in [3.63, 3.8) is 0 Å². The molecule has 0 aromatic heterocycles. The Morgan fingerprint density at radius 3 is 2.62 bits per heavy atom. The Balaban J connectivity index is 1.83. The molecule has 1 atom stereocenters. The molecule has 0 saturated carbocycles. The average Bonchev–Trinajstić information content (AvgIpc) is 2.56. The summed E-state index contributed by atoms with van der Waals surface area (Å²) in [6.07, 6.45) is -1.04. The van der Waals surface area contributed by atoms with Gasteiger partial charge in [-0.15, -0.1) is 11.8 Å². The number of amides is 1. The highest BCUT2D eigenvalue weighted by molar-refractivity contribution is 8.00. The Hall–Kier alpha value is -2.05. The van der Waals surface area contributed by atoms with E-state index in [1.165, 1.54) is 30.8 Å². The fraction of sp³-hybridized carbons (Fsp3) is 0.176. The summed E-state index contributed by atoms with van der Waals surface area (Å²) >= 11 is 6.96. The number of halogens is 2. The summed E-state index contributed by atoms with van der Waals surface area (Å²) in [7, 11) is 0. The lowest BCUT2D eigenvalue weighted by Gasteiger charge is -2.14. The summed E-state index contributed by atoms with van der Waals surface area (Å²) in [5, 5.41) is 2.58. The zero-order valence-corrected chi connectivity index (χ0v) is 14.4. The van der Waals surface area contributed by atoms with E-state index in [9.17, 15) is 14.0 Å². The van der Waals surface area contributed by atoms with Gasteiger partial charge < -0.3 is 10.1 Å². The smallest absolute Gasteiger partial charge is 0.317 e. The van der Waals surface area contributed by atoms with Crippen LogP contribution in [-0.4, -0.2) is 23.7 Å². The van der Waals surface area contributed by atoms with Crippen LogP contribution in [0.4, 0.5) is 10.1 Å². The van der Waals surface area contributed by atoms with E-state index >= 15 is 0 Å². The molecule has 2 aromatic rings. The van der Waals surface area contributed by atoms with Crippen LogP contribution < -0.4 is 5.32 Å². The van der Waals surface area contributed by atoms with E-state index in [1.807, 2.05) is 30.3 Å². The first-order valence-electron chi connectivity index (χ1n) is 7.09. The molecule has 2 aromatic carbocycles. The Bertz CT molecular complexity index is 727. The summed E-state index contributed by atoms with van der Waals surface area (Å²) in [4.78, 5) is 24.7. The van der Waals surface area contributed by atoms with E-state index in [0.717, 1.165) is 11.0 Å². The van der Waals surface area contributed by atoms with Gasteiger partial charge in [0.25, 0.3) is 5.91 Å². The van der Waals surface area contributed by atoms with Crippen molar-refractivity contribution in [2.75, 3.05) is 11.1 Å². The van der Waals surface area contributed by atoms with E-state index in [-0.39, 0.29) is 16.5 Å². The van der Waals surface area contributed by atoms with Crippen LogP contribution in [-0.2, 0) is 14.3 Å². The number of carbonyl (C=O) groups excluding carboxylic acids is 2. The predicted octanol–water partition coefficient (Wildman–Crippen LogP) is 4.14. The van der Waals surface area contributed by atoms with Crippen LogP contribution >= 0.6 is 23.4 Å². The highest BCUT2D eigenvalue weighted by Gasteiger charge is 2.19. The highest BCUT2D eigenvalue weighted by atomic mass is 35.5. The molecule has 2 rings (SSSR count). The first kappa shape index (κ1) is 18.3. The molecule has 1 amide bonds. The number of ether oxygens (including phenoxy) is 1. The molecule has 0 heterocycles.